The number of carbonyl (C=O) groups excluding carboxylic acids is 1. The molecule has 178 valence electrons. The molecule has 2 atom stereocenters. The molecular weight excluding hydrogens is 536 g/mol. The number of benzene rings is 2. The Balaban J connectivity index is 0.00000306. The minimum absolute atomic E-state index is 0. The topological polar surface area (TPSA) is 69.2 Å². The number of likely N-dealkylation sites (tertiary alicyclic amines) is 1. The van der Waals surface area contributed by atoms with Crippen LogP contribution in [0.15, 0.2) is 59.6 Å². The smallest absolute Gasteiger partial charge is 0.254 e. The molecule has 1 amide bonds. The Bertz CT molecular complexity index is 945. The molecule has 2 aromatic carbocycles. The Kier molecular flexibility index (Phi) is 9.45. The number of hydrogen-bond acceptors (Lipinski definition) is 4. The van der Waals surface area contributed by atoms with E-state index in [2.05, 4.69) is 49.7 Å². The van der Waals surface area contributed by atoms with Crippen LogP contribution in [-0.4, -0.2) is 80.2 Å². The van der Waals surface area contributed by atoms with Crippen molar-refractivity contribution in [2.75, 3.05) is 46.4 Å². The molecule has 2 fully saturated rings. The Morgan fingerprint density at radius 3 is 2.58 bits per heavy atom. The number of aliphatic imine (C=N–C) groups is 1. The Morgan fingerprint density at radius 1 is 1.09 bits per heavy atom. The van der Waals surface area contributed by atoms with E-state index >= 15 is 0 Å². The summed E-state index contributed by atoms with van der Waals surface area (Å²) in [6, 6.07) is 16.8. The van der Waals surface area contributed by atoms with Gasteiger partial charge in [0.1, 0.15) is 5.82 Å². The minimum atomic E-state index is -0.520. The molecule has 2 aliphatic rings. The number of amides is 1. The summed E-state index contributed by atoms with van der Waals surface area (Å²) in [7, 11) is 1.75. The van der Waals surface area contributed by atoms with Crippen molar-refractivity contribution in [1.29, 1.82) is 0 Å². The van der Waals surface area contributed by atoms with Gasteiger partial charge in [-0.25, -0.2) is 4.39 Å². The van der Waals surface area contributed by atoms with Gasteiger partial charge in [-0.1, -0.05) is 42.5 Å². The predicted octanol–water partition coefficient (Wildman–Crippen LogP) is 2.33. The average molecular weight is 567 g/mol. The molecule has 4 rings (SSSR count). The first-order valence-corrected chi connectivity index (χ1v) is 11.0. The molecule has 2 unspecified atom stereocenters. The number of ether oxygens (including phenoxy) is 1. The summed E-state index contributed by atoms with van der Waals surface area (Å²) in [4.78, 5) is 21.3. The summed E-state index contributed by atoms with van der Waals surface area (Å²) in [6.45, 7) is 5.02. The molecule has 0 spiro atoms. The highest BCUT2D eigenvalue weighted by molar-refractivity contribution is 14.0. The third-order valence-electron chi connectivity index (χ3n) is 5.97. The summed E-state index contributed by atoms with van der Waals surface area (Å²) in [5, 5.41) is 6.05. The van der Waals surface area contributed by atoms with Gasteiger partial charge in [0.15, 0.2) is 5.96 Å². The largest absolute Gasteiger partial charge is 0.373 e. The molecule has 33 heavy (non-hydrogen) atoms. The van der Waals surface area contributed by atoms with Crippen molar-refractivity contribution in [1.82, 2.24) is 20.4 Å². The first-order chi connectivity index (χ1) is 15.7. The minimum Gasteiger partial charge on any atom is -0.373 e. The maximum Gasteiger partial charge on any atom is 0.254 e. The molecule has 0 radical (unpaired) electrons. The lowest BCUT2D eigenvalue weighted by Crippen LogP contribution is -2.50. The van der Waals surface area contributed by atoms with Crippen molar-refractivity contribution in [3.05, 3.63) is 71.5 Å². The van der Waals surface area contributed by atoms with Crippen molar-refractivity contribution >= 4 is 35.8 Å². The van der Waals surface area contributed by atoms with Crippen molar-refractivity contribution < 1.29 is 13.9 Å². The van der Waals surface area contributed by atoms with Gasteiger partial charge in [-0.3, -0.25) is 14.7 Å². The SMILES string of the molecule is CN=C(NCCNC(=O)c1ccccc1F)N1CC2OCCN(Cc3ccccc3)C2C1.I. The van der Waals surface area contributed by atoms with E-state index in [-0.39, 0.29) is 35.6 Å². The lowest BCUT2D eigenvalue weighted by Gasteiger charge is -2.36. The van der Waals surface area contributed by atoms with Gasteiger partial charge < -0.3 is 20.3 Å². The molecule has 0 aromatic heterocycles. The number of guanidine groups is 1. The van der Waals surface area contributed by atoms with Crippen LogP contribution in [0, 0.1) is 5.82 Å². The number of halogens is 2. The summed E-state index contributed by atoms with van der Waals surface area (Å²) >= 11 is 0. The Morgan fingerprint density at radius 2 is 1.82 bits per heavy atom. The van der Waals surface area contributed by atoms with Crippen molar-refractivity contribution in [2.24, 2.45) is 4.99 Å². The third kappa shape index (κ3) is 6.42. The van der Waals surface area contributed by atoms with Crippen LogP contribution in [0.4, 0.5) is 4.39 Å². The molecule has 7 nitrogen and oxygen atoms in total. The highest BCUT2D eigenvalue weighted by Gasteiger charge is 2.41. The zero-order valence-electron chi connectivity index (χ0n) is 18.7. The van der Waals surface area contributed by atoms with Crippen LogP contribution in [0.5, 0.6) is 0 Å². The number of rotatable bonds is 6. The van der Waals surface area contributed by atoms with E-state index in [1.165, 1.54) is 17.7 Å². The molecule has 0 bridgehead atoms. The molecular formula is C24H31FIN5O2. The Labute approximate surface area is 211 Å². The van der Waals surface area contributed by atoms with Gasteiger partial charge in [0.25, 0.3) is 5.91 Å². The fourth-order valence-corrected chi connectivity index (χ4v) is 4.37. The summed E-state index contributed by atoms with van der Waals surface area (Å²) in [6.07, 6.45) is 0.145. The number of carbonyl (C=O) groups is 1. The maximum atomic E-state index is 13.7. The average Bonchev–Trinajstić information content (AvgIpc) is 3.25. The monoisotopic (exact) mass is 567 g/mol. The molecule has 2 saturated heterocycles. The van der Waals surface area contributed by atoms with Gasteiger partial charge in [-0.05, 0) is 17.7 Å². The summed E-state index contributed by atoms with van der Waals surface area (Å²) < 4.78 is 19.8. The number of nitrogens with one attached hydrogen (secondary N) is 2. The van der Waals surface area contributed by atoms with Gasteiger partial charge in [-0.15, -0.1) is 24.0 Å². The molecule has 0 aliphatic carbocycles. The van der Waals surface area contributed by atoms with Crippen LogP contribution >= 0.6 is 24.0 Å². The lowest BCUT2D eigenvalue weighted by atomic mass is 10.1. The van der Waals surface area contributed by atoms with Crippen molar-refractivity contribution in [3.63, 3.8) is 0 Å². The predicted molar refractivity (Wildman–Crippen MR) is 137 cm³/mol. The van der Waals surface area contributed by atoms with Crippen LogP contribution in [0.2, 0.25) is 0 Å². The standard InChI is InChI=1S/C24H30FN5O2.HI/c1-26-24(28-12-11-27-23(31)19-9-5-6-10-20(19)25)30-16-21-22(17-30)32-14-13-29(21)15-18-7-3-2-4-8-18;/h2-10,21-22H,11-17H2,1H3,(H,26,28)(H,27,31);1H. The number of hydrogen-bond donors (Lipinski definition) is 2. The fourth-order valence-electron chi connectivity index (χ4n) is 4.37. The van der Waals surface area contributed by atoms with E-state index in [0.717, 1.165) is 38.7 Å². The lowest BCUT2D eigenvalue weighted by molar-refractivity contribution is -0.0502. The van der Waals surface area contributed by atoms with E-state index in [0.29, 0.717) is 19.1 Å². The molecule has 0 saturated carbocycles. The Hall–Kier alpha value is -2.24. The van der Waals surface area contributed by atoms with Gasteiger partial charge in [0, 0.05) is 46.3 Å². The number of nitrogens with zero attached hydrogens (tertiary/aromatic N) is 3. The molecule has 2 N–H and O–H groups in total. The zero-order chi connectivity index (χ0) is 22.3. The zero-order valence-corrected chi connectivity index (χ0v) is 21.1. The highest BCUT2D eigenvalue weighted by Crippen LogP contribution is 2.24. The van der Waals surface area contributed by atoms with E-state index in [4.69, 9.17) is 4.74 Å². The third-order valence-corrected chi connectivity index (χ3v) is 5.97. The molecule has 9 heteroatoms. The summed E-state index contributed by atoms with van der Waals surface area (Å²) in [5.41, 5.74) is 1.36. The first-order valence-electron chi connectivity index (χ1n) is 11.0. The number of morpholine rings is 1. The van der Waals surface area contributed by atoms with Crippen molar-refractivity contribution in [3.8, 4) is 0 Å². The fraction of sp³-hybridized carbons (Fsp3) is 0.417. The van der Waals surface area contributed by atoms with Gasteiger partial charge in [-0.2, -0.15) is 0 Å². The molecule has 2 heterocycles. The van der Waals surface area contributed by atoms with Crippen LogP contribution in [0.1, 0.15) is 15.9 Å². The van der Waals surface area contributed by atoms with Crippen LogP contribution in [0.25, 0.3) is 0 Å². The van der Waals surface area contributed by atoms with Crippen LogP contribution in [-0.2, 0) is 11.3 Å². The van der Waals surface area contributed by atoms with E-state index < -0.39 is 11.7 Å². The highest BCUT2D eigenvalue weighted by atomic mass is 127. The molecule has 2 aliphatic heterocycles. The maximum absolute atomic E-state index is 13.7. The second-order valence-electron chi connectivity index (χ2n) is 8.05. The van der Waals surface area contributed by atoms with Crippen LogP contribution in [0.3, 0.4) is 0 Å². The first kappa shape index (κ1) is 25.4. The quantitative estimate of drug-likeness (QED) is 0.243. The molecule has 2 aromatic rings. The van der Waals surface area contributed by atoms with E-state index in [9.17, 15) is 9.18 Å². The van der Waals surface area contributed by atoms with Gasteiger partial charge in [0.05, 0.1) is 24.3 Å². The van der Waals surface area contributed by atoms with Crippen LogP contribution < -0.4 is 10.6 Å². The second kappa shape index (κ2) is 12.3. The summed E-state index contributed by atoms with van der Waals surface area (Å²) in [5.74, 6) is -0.159. The normalized spacial score (nSPS) is 20.7. The van der Waals surface area contributed by atoms with Crippen molar-refractivity contribution in [2.45, 2.75) is 18.7 Å². The number of fused-ring (bicyclic) bond motifs is 1. The van der Waals surface area contributed by atoms with Gasteiger partial charge in [0.2, 0.25) is 0 Å². The van der Waals surface area contributed by atoms with E-state index in [1.54, 1.807) is 19.2 Å². The second-order valence-corrected chi connectivity index (χ2v) is 8.05. The van der Waals surface area contributed by atoms with Gasteiger partial charge >= 0.3 is 0 Å². The van der Waals surface area contributed by atoms with E-state index in [1.807, 2.05) is 6.07 Å².